The van der Waals surface area contributed by atoms with Gasteiger partial charge in [-0.2, -0.15) is 0 Å². The molecule has 2 fully saturated rings. The number of hydrogen-bond donors (Lipinski definition) is 0. The van der Waals surface area contributed by atoms with E-state index >= 15 is 0 Å². The van der Waals surface area contributed by atoms with Gasteiger partial charge in [0.05, 0.1) is 5.92 Å². The number of fused-ring (bicyclic) bond motifs is 3. The fraction of sp³-hybridized carbons (Fsp3) is 0.733. The Balaban J connectivity index is 2.01. The first-order chi connectivity index (χ1) is 8.45. The number of carbonyl (C=O) groups excluding carboxylic acids is 2. The van der Waals surface area contributed by atoms with Gasteiger partial charge in [-0.1, -0.05) is 26.8 Å². The van der Waals surface area contributed by atoms with E-state index in [2.05, 4.69) is 6.92 Å². The predicted molar refractivity (Wildman–Crippen MR) is 66.7 cm³/mol. The Kier molecular flexibility index (Phi) is 2.45. The lowest BCUT2D eigenvalue weighted by Crippen LogP contribution is -2.52. The second-order valence-corrected chi connectivity index (χ2v) is 6.42. The first-order valence-electron chi connectivity index (χ1n) is 6.88. The molecule has 0 aromatic rings. The van der Waals surface area contributed by atoms with Crippen molar-refractivity contribution in [2.45, 2.75) is 39.7 Å². The van der Waals surface area contributed by atoms with E-state index in [0.29, 0.717) is 11.8 Å². The Hall–Kier alpha value is -1.12. The third-order valence-electron chi connectivity index (χ3n) is 5.46. The summed E-state index contributed by atoms with van der Waals surface area (Å²) in [7, 11) is 0. The molecular weight excluding hydrogens is 228 g/mol. The minimum absolute atomic E-state index is 0.00671. The second kappa shape index (κ2) is 3.69. The number of rotatable bonds is 0. The maximum absolute atomic E-state index is 12.2. The largest absolute Gasteiger partial charge is 0.461 e. The van der Waals surface area contributed by atoms with Gasteiger partial charge in [-0.3, -0.25) is 9.59 Å². The SMILES string of the molecule is C[C@@H]1C=CC(=O)[C@]2(C)CC[C@@H]3[C@@H](OC(=O)[C@H]3C)[C@@H]12. The lowest BCUT2D eigenvalue weighted by atomic mass is 9.54. The highest BCUT2D eigenvalue weighted by Crippen LogP contribution is 2.54. The molecule has 1 saturated heterocycles. The van der Waals surface area contributed by atoms with Crippen LogP contribution in [0.1, 0.15) is 33.6 Å². The van der Waals surface area contributed by atoms with Gasteiger partial charge >= 0.3 is 5.97 Å². The molecule has 3 heteroatoms. The van der Waals surface area contributed by atoms with E-state index in [0.717, 1.165) is 12.8 Å². The topological polar surface area (TPSA) is 43.4 Å². The van der Waals surface area contributed by atoms with Gasteiger partial charge < -0.3 is 4.74 Å². The van der Waals surface area contributed by atoms with Crippen molar-refractivity contribution >= 4 is 11.8 Å². The number of hydrogen-bond acceptors (Lipinski definition) is 3. The summed E-state index contributed by atoms with van der Waals surface area (Å²) in [4.78, 5) is 24.0. The minimum atomic E-state index is -0.334. The van der Waals surface area contributed by atoms with Crippen LogP contribution in [0.3, 0.4) is 0 Å². The molecule has 98 valence electrons. The molecule has 0 aromatic carbocycles. The molecule has 0 amide bonds. The third kappa shape index (κ3) is 1.36. The monoisotopic (exact) mass is 248 g/mol. The minimum Gasteiger partial charge on any atom is -0.461 e. The molecule has 1 aliphatic heterocycles. The molecule has 0 bridgehead atoms. The molecule has 1 heterocycles. The maximum atomic E-state index is 12.2. The smallest absolute Gasteiger partial charge is 0.309 e. The Labute approximate surface area is 108 Å². The van der Waals surface area contributed by atoms with Crippen molar-refractivity contribution in [2.24, 2.45) is 29.1 Å². The summed E-state index contributed by atoms with van der Waals surface area (Å²) in [6.45, 7) is 6.14. The molecule has 18 heavy (non-hydrogen) atoms. The molecule has 0 spiro atoms. The van der Waals surface area contributed by atoms with E-state index in [9.17, 15) is 9.59 Å². The fourth-order valence-corrected chi connectivity index (χ4v) is 4.25. The van der Waals surface area contributed by atoms with E-state index in [4.69, 9.17) is 4.74 Å². The van der Waals surface area contributed by atoms with Crippen LogP contribution in [0.5, 0.6) is 0 Å². The zero-order chi connectivity index (χ0) is 13.1. The van der Waals surface area contributed by atoms with Crippen LogP contribution in [-0.4, -0.2) is 17.9 Å². The van der Waals surface area contributed by atoms with Crippen molar-refractivity contribution < 1.29 is 14.3 Å². The van der Waals surface area contributed by atoms with Gasteiger partial charge in [-0.25, -0.2) is 0 Å². The van der Waals surface area contributed by atoms with Gasteiger partial charge in [0.15, 0.2) is 5.78 Å². The molecular formula is C15H20O3. The normalized spacial score (nSPS) is 50.7. The molecule has 1 saturated carbocycles. The van der Waals surface area contributed by atoms with Crippen molar-refractivity contribution in [1.29, 1.82) is 0 Å². The van der Waals surface area contributed by atoms with E-state index in [-0.39, 0.29) is 35.1 Å². The van der Waals surface area contributed by atoms with Gasteiger partial charge in [0.25, 0.3) is 0 Å². The van der Waals surface area contributed by atoms with Crippen LogP contribution >= 0.6 is 0 Å². The molecule has 3 aliphatic rings. The summed E-state index contributed by atoms with van der Waals surface area (Å²) in [6.07, 6.45) is 5.45. The molecule has 0 aromatic heterocycles. The lowest BCUT2D eigenvalue weighted by Gasteiger charge is -2.49. The maximum Gasteiger partial charge on any atom is 0.309 e. The highest BCUT2D eigenvalue weighted by Gasteiger charge is 2.58. The van der Waals surface area contributed by atoms with Crippen molar-refractivity contribution in [3.8, 4) is 0 Å². The molecule has 0 radical (unpaired) electrons. The molecule has 3 nitrogen and oxygen atoms in total. The summed E-state index contributed by atoms with van der Waals surface area (Å²) in [5.74, 6) is 0.884. The highest BCUT2D eigenvalue weighted by atomic mass is 16.6. The third-order valence-corrected chi connectivity index (χ3v) is 5.46. The molecule has 3 rings (SSSR count). The van der Waals surface area contributed by atoms with E-state index in [1.807, 2.05) is 19.9 Å². The predicted octanol–water partition coefficient (Wildman–Crippen LogP) is 2.36. The first-order valence-corrected chi connectivity index (χ1v) is 6.88. The van der Waals surface area contributed by atoms with Crippen LogP contribution in [0.25, 0.3) is 0 Å². The van der Waals surface area contributed by atoms with Crippen LogP contribution in [0.2, 0.25) is 0 Å². The van der Waals surface area contributed by atoms with Gasteiger partial charge in [-0.15, -0.1) is 0 Å². The van der Waals surface area contributed by atoms with Gasteiger partial charge in [0, 0.05) is 17.3 Å². The molecule has 2 aliphatic carbocycles. The van der Waals surface area contributed by atoms with Crippen LogP contribution < -0.4 is 0 Å². The average molecular weight is 248 g/mol. The van der Waals surface area contributed by atoms with Gasteiger partial charge in [0.1, 0.15) is 6.10 Å². The lowest BCUT2D eigenvalue weighted by molar-refractivity contribution is -0.154. The second-order valence-electron chi connectivity index (χ2n) is 6.42. The quantitative estimate of drug-likeness (QED) is 0.618. The van der Waals surface area contributed by atoms with Gasteiger partial charge in [-0.05, 0) is 24.8 Å². The van der Waals surface area contributed by atoms with Crippen molar-refractivity contribution in [1.82, 2.24) is 0 Å². The van der Waals surface area contributed by atoms with Crippen molar-refractivity contribution in [3.05, 3.63) is 12.2 Å². The Bertz CT molecular complexity index is 439. The number of carbonyl (C=O) groups is 2. The van der Waals surface area contributed by atoms with E-state index in [1.165, 1.54) is 0 Å². The number of ketones is 1. The highest BCUT2D eigenvalue weighted by molar-refractivity contribution is 5.96. The van der Waals surface area contributed by atoms with Gasteiger partial charge in [0.2, 0.25) is 0 Å². The van der Waals surface area contributed by atoms with Crippen LogP contribution in [0.4, 0.5) is 0 Å². The van der Waals surface area contributed by atoms with Crippen molar-refractivity contribution in [3.63, 3.8) is 0 Å². The Morgan fingerprint density at radius 2 is 2.06 bits per heavy atom. The van der Waals surface area contributed by atoms with E-state index < -0.39 is 0 Å². The summed E-state index contributed by atoms with van der Waals surface area (Å²) >= 11 is 0. The Morgan fingerprint density at radius 1 is 1.33 bits per heavy atom. The zero-order valence-electron chi connectivity index (χ0n) is 11.2. The van der Waals surface area contributed by atoms with Crippen LogP contribution in [0.15, 0.2) is 12.2 Å². The summed E-state index contributed by atoms with van der Waals surface area (Å²) in [6, 6.07) is 0. The van der Waals surface area contributed by atoms with Crippen LogP contribution in [-0.2, 0) is 14.3 Å². The number of allylic oxidation sites excluding steroid dienone is 2. The number of ether oxygens (including phenoxy) is 1. The average Bonchev–Trinajstić information content (AvgIpc) is 2.60. The summed E-state index contributed by atoms with van der Waals surface area (Å²) < 4.78 is 5.61. The standard InChI is InChI=1S/C15H20O3/c1-8-4-5-11(16)15(3)7-6-10-9(2)14(17)18-13(10)12(8)15/h4-5,8-10,12-13H,6-7H2,1-3H3/t8-,9+,10+,12-,13-,15+/m1/s1. The van der Waals surface area contributed by atoms with E-state index in [1.54, 1.807) is 6.08 Å². The molecule has 0 unspecified atom stereocenters. The Morgan fingerprint density at radius 3 is 2.78 bits per heavy atom. The molecule has 0 N–H and O–H groups in total. The van der Waals surface area contributed by atoms with Crippen molar-refractivity contribution in [2.75, 3.05) is 0 Å². The zero-order valence-corrected chi connectivity index (χ0v) is 11.2. The number of esters is 1. The summed E-state index contributed by atoms with van der Waals surface area (Å²) in [5.41, 5.74) is -0.334. The summed E-state index contributed by atoms with van der Waals surface area (Å²) in [5, 5.41) is 0. The molecule has 6 atom stereocenters. The van der Waals surface area contributed by atoms with Crippen LogP contribution in [0, 0.1) is 29.1 Å². The fourth-order valence-electron chi connectivity index (χ4n) is 4.25. The first kappa shape index (κ1) is 11.9.